The van der Waals surface area contributed by atoms with Crippen molar-refractivity contribution >= 4 is 23.4 Å². The number of ketones is 1. The molecule has 0 spiro atoms. The SMILES string of the molecule is Cc1sc(C(=O)CC2CC2)cc1C=O. The van der Waals surface area contributed by atoms with Gasteiger partial charge < -0.3 is 0 Å². The number of rotatable bonds is 4. The highest BCUT2D eigenvalue weighted by atomic mass is 32.1. The molecule has 1 heterocycles. The van der Waals surface area contributed by atoms with Crippen LogP contribution in [-0.4, -0.2) is 12.1 Å². The molecule has 3 heteroatoms. The highest BCUT2D eigenvalue weighted by molar-refractivity contribution is 7.14. The fourth-order valence-electron chi connectivity index (χ4n) is 1.44. The van der Waals surface area contributed by atoms with Crippen molar-refractivity contribution in [3.8, 4) is 0 Å². The Labute approximate surface area is 86.9 Å². The van der Waals surface area contributed by atoms with Gasteiger partial charge in [0.15, 0.2) is 12.1 Å². The Balaban J connectivity index is 2.13. The van der Waals surface area contributed by atoms with E-state index < -0.39 is 0 Å². The topological polar surface area (TPSA) is 34.1 Å². The predicted molar refractivity (Wildman–Crippen MR) is 56.1 cm³/mol. The average molecular weight is 208 g/mol. The van der Waals surface area contributed by atoms with Gasteiger partial charge in [-0.2, -0.15) is 0 Å². The predicted octanol–water partition coefficient (Wildman–Crippen LogP) is 2.85. The number of carbonyl (C=O) groups excluding carboxylic acids is 2. The summed E-state index contributed by atoms with van der Waals surface area (Å²) in [5, 5.41) is 0. The first kappa shape index (κ1) is 9.59. The zero-order valence-electron chi connectivity index (χ0n) is 8.08. The Bertz CT molecular complexity index is 375. The van der Waals surface area contributed by atoms with E-state index in [1.54, 1.807) is 6.07 Å². The fraction of sp³-hybridized carbons (Fsp3) is 0.455. The van der Waals surface area contributed by atoms with E-state index in [0.29, 0.717) is 17.9 Å². The lowest BCUT2D eigenvalue weighted by Crippen LogP contribution is -1.96. The Hall–Kier alpha value is -0.960. The Morgan fingerprint density at radius 1 is 1.64 bits per heavy atom. The van der Waals surface area contributed by atoms with Gasteiger partial charge in [-0.1, -0.05) is 0 Å². The van der Waals surface area contributed by atoms with Crippen LogP contribution in [0.3, 0.4) is 0 Å². The van der Waals surface area contributed by atoms with E-state index in [1.807, 2.05) is 6.92 Å². The number of Topliss-reactive ketones (excluding diaryl/α,β-unsaturated/α-hetero) is 1. The zero-order chi connectivity index (χ0) is 10.1. The van der Waals surface area contributed by atoms with Gasteiger partial charge in [0.2, 0.25) is 0 Å². The molecule has 1 saturated carbocycles. The molecule has 2 rings (SSSR count). The molecule has 0 aliphatic heterocycles. The lowest BCUT2D eigenvalue weighted by molar-refractivity contribution is 0.0980. The van der Waals surface area contributed by atoms with E-state index in [0.717, 1.165) is 16.0 Å². The summed E-state index contributed by atoms with van der Waals surface area (Å²) < 4.78 is 0. The second-order valence-electron chi connectivity index (χ2n) is 3.81. The van der Waals surface area contributed by atoms with Crippen molar-refractivity contribution in [1.82, 2.24) is 0 Å². The fourth-order valence-corrected chi connectivity index (χ4v) is 2.37. The Morgan fingerprint density at radius 2 is 2.36 bits per heavy atom. The van der Waals surface area contributed by atoms with Crippen LogP contribution in [-0.2, 0) is 0 Å². The number of hydrogen-bond acceptors (Lipinski definition) is 3. The summed E-state index contributed by atoms with van der Waals surface area (Å²) in [6.07, 6.45) is 3.87. The van der Waals surface area contributed by atoms with E-state index in [2.05, 4.69) is 0 Å². The van der Waals surface area contributed by atoms with E-state index in [1.165, 1.54) is 24.2 Å². The van der Waals surface area contributed by atoms with Crippen LogP contribution in [0.25, 0.3) is 0 Å². The van der Waals surface area contributed by atoms with Crippen LogP contribution >= 0.6 is 11.3 Å². The molecule has 0 aromatic carbocycles. The van der Waals surface area contributed by atoms with Gasteiger partial charge in [0, 0.05) is 16.9 Å². The monoisotopic (exact) mass is 208 g/mol. The first-order valence-electron chi connectivity index (χ1n) is 4.79. The quantitative estimate of drug-likeness (QED) is 0.563. The normalized spacial score (nSPS) is 15.5. The van der Waals surface area contributed by atoms with E-state index in [-0.39, 0.29) is 5.78 Å². The highest BCUT2D eigenvalue weighted by Crippen LogP contribution is 2.34. The van der Waals surface area contributed by atoms with Crippen LogP contribution in [0.2, 0.25) is 0 Å². The molecule has 2 nitrogen and oxygen atoms in total. The second-order valence-corrected chi connectivity index (χ2v) is 5.07. The average Bonchev–Trinajstić information content (AvgIpc) is 2.87. The Morgan fingerprint density at radius 3 is 2.86 bits per heavy atom. The third kappa shape index (κ3) is 1.93. The molecule has 1 aromatic rings. The minimum atomic E-state index is 0.203. The van der Waals surface area contributed by atoms with Crippen molar-refractivity contribution in [3.63, 3.8) is 0 Å². The summed E-state index contributed by atoms with van der Waals surface area (Å²) in [6.45, 7) is 1.88. The van der Waals surface area contributed by atoms with Crippen LogP contribution in [0.1, 0.15) is 44.2 Å². The van der Waals surface area contributed by atoms with Gasteiger partial charge in [-0.25, -0.2) is 0 Å². The lowest BCUT2D eigenvalue weighted by atomic mass is 10.1. The molecule has 1 fully saturated rings. The van der Waals surface area contributed by atoms with Crippen molar-refractivity contribution in [2.24, 2.45) is 5.92 Å². The van der Waals surface area contributed by atoms with Gasteiger partial charge >= 0.3 is 0 Å². The van der Waals surface area contributed by atoms with Gasteiger partial charge in [-0.05, 0) is 31.7 Å². The first-order chi connectivity index (χ1) is 6.70. The number of aryl methyl sites for hydroxylation is 1. The summed E-state index contributed by atoms with van der Waals surface area (Å²) in [5.74, 6) is 0.818. The molecule has 0 saturated heterocycles. The second kappa shape index (κ2) is 3.65. The van der Waals surface area contributed by atoms with E-state index >= 15 is 0 Å². The third-order valence-electron chi connectivity index (χ3n) is 2.53. The molecule has 14 heavy (non-hydrogen) atoms. The maximum absolute atomic E-state index is 11.7. The molecule has 1 aliphatic rings. The number of hydrogen-bond donors (Lipinski definition) is 0. The number of thiophene rings is 1. The molecule has 0 unspecified atom stereocenters. The lowest BCUT2D eigenvalue weighted by Gasteiger charge is -1.92. The van der Waals surface area contributed by atoms with Gasteiger partial charge in [0.1, 0.15) is 0 Å². The summed E-state index contributed by atoms with van der Waals surface area (Å²) in [7, 11) is 0. The third-order valence-corrected chi connectivity index (χ3v) is 3.64. The summed E-state index contributed by atoms with van der Waals surface area (Å²) in [6, 6.07) is 1.72. The summed E-state index contributed by atoms with van der Waals surface area (Å²) in [4.78, 5) is 24.0. The summed E-state index contributed by atoms with van der Waals surface area (Å²) in [5.41, 5.74) is 0.661. The van der Waals surface area contributed by atoms with E-state index in [9.17, 15) is 9.59 Å². The number of carbonyl (C=O) groups is 2. The smallest absolute Gasteiger partial charge is 0.173 e. The molecular formula is C11H12O2S. The minimum Gasteiger partial charge on any atom is -0.298 e. The van der Waals surface area contributed by atoms with E-state index in [4.69, 9.17) is 0 Å². The van der Waals surface area contributed by atoms with Gasteiger partial charge in [0.05, 0.1) is 4.88 Å². The van der Waals surface area contributed by atoms with Gasteiger partial charge in [-0.15, -0.1) is 11.3 Å². The molecule has 0 atom stereocenters. The van der Waals surface area contributed by atoms with Crippen molar-refractivity contribution in [3.05, 3.63) is 21.4 Å². The van der Waals surface area contributed by atoms with Gasteiger partial charge in [0.25, 0.3) is 0 Å². The molecule has 0 bridgehead atoms. The van der Waals surface area contributed by atoms with Crippen molar-refractivity contribution in [2.45, 2.75) is 26.2 Å². The first-order valence-corrected chi connectivity index (χ1v) is 5.61. The minimum absolute atomic E-state index is 0.203. The van der Waals surface area contributed by atoms with Crippen LogP contribution in [0.4, 0.5) is 0 Å². The molecule has 0 amide bonds. The highest BCUT2D eigenvalue weighted by Gasteiger charge is 2.25. The van der Waals surface area contributed by atoms with Crippen molar-refractivity contribution < 1.29 is 9.59 Å². The molecule has 1 aliphatic carbocycles. The number of aldehydes is 1. The standard InChI is InChI=1S/C11H12O2S/c1-7-9(6-12)5-11(14-7)10(13)4-8-2-3-8/h5-6,8H,2-4H2,1H3. The van der Waals surface area contributed by atoms with Crippen molar-refractivity contribution in [1.29, 1.82) is 0 Å². The van der Waals surface area contributed by atoms with Crippen molar-refractivity contribution in [2.75, 3.05) is 0 Å². The maximum Gasteiger partial charge on any atom is 0.173 e. The molecule has 74 valence electrons. The molecular weight excluding hydrogens is 196 g/mol. The van der Waals surface area contributed by atoms with Gasteiger partial charge in [-0.3, -0.25) is 9.59 Å². The van der Waals surface area contributed by atoms with Crippen LogP contribution in [0, 0.1) is 12.8 Å². The van der Waals surface area contributed by atoms with Crippen LogP contribution < -0.4 is 0 Å². The zero-order valence-corrected chi connectivity index (χ0v) is 8.89. The Kier molecular flexibility index (Phi) is 2.50. The van der Waals surface area contributed by atoms with Crippen LogP contribution in [0.5, 0.6) is 0 Å². The molecule has 1 aromatic heterocycles. The van der Waals surface area contributed by atoms with Crippen LogP contribution in [0.15, 0.2) is 6.07 Å². The molecule has 0 N–H and O–H groups in total. The molecule has 0 radical (unpaired) electrons. The summed E-state index contributed by atoms with van der Waals surface area (Å²) >= 11 is 1.44. The largest absolute Gasteiger partial charge is 0.298 e. The maximum atomic E-state index is 11.7.